The van der Waals surface area contributed by atoms with Gasteiger partial charge in [0.05, 0.1) is 0 Å². The summed E-state index contributed by atoms with van der Waals surface area (Å²) in [6.07, 6.45) is -0.0915. The van der Waals surface area contributed by atoms with Gasteiger partial charge in [0.2, 0.25) is 0 Å². The number of esters is 2. The summed E-state index contributed by atoms with van der Waals surface area (Å²) in [5, 5.41) is 9.93. The molecule has 0 amide bonds. The van der Waals surface area contributed by atoms with Crippen LogP contribution in [0.15, 0.2) is 24.3 Å². The minimum atomic E-state index is -1.22. The molecule has 2 rings (SSSR count). The van der Waals surface area contributed by atoms with Crippen molar-refractivity contribution >= 4 is 28.8 Å². The Bertz CT molecular complexity index is 962. The van der Waals surface area contributed by atoms with Crippen LogP contribution < -0.4 is 5.73 Å². The lowest BCUT2D eigenvalue weighted by Gasteiger charge is -2.22. The van der Waals surface area contributed by atoms with Gasteiger partial charge in [0.25, 0.3) is 0 Å². The normalized spacial score (nSPS) is 13.2. The van der Waals surface area contributed by atoms with E-state index in [1.54, 1.807) is 65.8 Å². The van der Waals surface area contributed by atoms with E-state index in [2.05, 4.69) is 0 Å². The first-order valence-corrected chi connectivity index (χ1v) is 9.73. The number of aliphatic carboxylic acids is 1. The SMILES string of the molecule is CC(C)(C)OC(=O)Cn1c(C(=O)OC(C)(C)C)c(CC(N)C(=O)O)c2ccccc21. The van der Waals surface area contributed by atoms with Gasteiger partial charge in [-0.3, -0.25) is 9.59 Å². The number of carboxylic acid groups (broad SMARTS) is 1. The average Bonchev–Trinajstić information content (AvgIpc) is 2.85. The summed E-state index contributed by atoms with van der Waals surface area (Å²) >= 11 is 0. The van der Waals surface area contributed by atoms with Crippen LogP contribution in [0.2, 0.25) is 0 Å². The number of fused-ring (bicyclic) bond motifs is 1. The fourth-order valence-corrected chi connectivity index (χ4v) is 3.12. The summed E-state index contributed by atoms with van der Waals surface area (Å²) in [6.45, 7) is 10.2. The molecule has 0 radical (unpaired) electrons. The van der Waals surface area contributed by atoms with Crippen molar-refractivity contribution in [2.45, 2.75) is 71.8 Å². The zero-order valence-corrected chi connectivity index (χ0v) is 18.3. The van der Waals surface area contributed by atoms with Crippen molar-refractivity contribution in [1.82, 2.24) is 4.57 Å². The molecule has 1 unspecified atom stereocenters. The van der Waals surface area contributed by atoms with Crippen molar-refractivity contribution in [3.05, 3.63) is 35.5 Å². The Morgan fingerprint density at radius 3 is 2.13 bits per heavy atom. The van der Waals surface area contributed by atoms with Gasteiger partial charge < -0.3 is 24.9 Å². The Morgan fingerprint density at radius 2 is 1.60 bits per heavy atom. The van der Waals surface area contributed by atoms with Crippen molar-refractivity contribution in [2.24, 2.45) is 5.73 Å². The molecule has 164 valence electrons. The second kappa shape index (κ2) is 8.47. The molecule has 8 nitrogen and oxygen atoms in total. The molecular formula is C22H30N2O6. The second-order valence-electron chi connectivity index (χ2n) is 9.17. The number of carbonyl (C=O) groups excluding carboxylic acids is 2. The Morgan fingerprint density at radius 1 is 1.03 bits per heavy atom. The van der Waals surface area contributed by atoms with Crippen molar-refractivity contribution in [3.8, 4) is 0 Å². The summed E-state index contributed by atoms with van der Waals surface area (Å²) < 4.78 is 12.5. The summed E-state index contributed by atoms with van der Waals surface area (Å²) in [5.74, 6) is -2.37. The number of aromatic nitrogens is 1. The highest BCUT2D eigenvalue weighted by atomic mass is 16.6. The molecule has 2 aromatic rings. The number of hydrogen-bond acceptors (Lipinski definition) is 6. The summed E-state index contributed by atoms with van der Waals surface area (Å²) in [7, 11) is 0. The lowest BCUT2D eigenvalue weighted by atomic mass is 10.0. The van der Waals surface area contributed by atoms with E-state index in [-0.39, 0.29) is 18.7 Å². The predicted octanol–water partition coefficient (Wildman–Crippen LogP) is 2.89. The molecule has 3 N–H and O–H groups in total. The lowest BCUT2D eigenvalue weighted by Crippen LogP contribution is -2.34. The molecule has 0 aliphatic rings. The van der Waals surface area contributed by atoms with Gasteiger partial charge in [0.1, 0.15) is 29.5 Å². The first kappa shape index (κ1) is 23.4. The van der Waals surface area contributed by atoms with Crippen LogP contribution in [0.4, 0.5) is 0 Å². The number of benzene rings is 1. The molecule has 0 spiro atoms. The zero-order valence-electron chi connectivity index (χ0n) is 18.3. The van der Waals surface area contributed by atoms with Crippen LogP contribution in [0, 0.1) is 0 Å². The molecular weight excluding hydrogens is 388 g/mol. The number of nitrogens with two attached hydrogens (primary N) is 1. The van der Waals surface area contributed by atoms with E-state index in [0.29, 0.717) is 16.5 Å². The average molecular weight is 418 g/mol. The van der Waals surface area contributed by atoms with Gasteiger partial charge in [0, 0.05) is 17.3 Å². The summed E-state index contributed by atoms with van der Waals surface area (Å²) in [4.78, 5) is 37.0. The van der Waals surface area contributed by atoms with Crippen LogP contribution >= 0.6 is 0 Å². The van der Waals surface area contributed by atoms with Gasteiger partial charge in [-0.1, -0.05) is 18.2 Å². The van der Waals surface area contributed by atoms with Crippen LogP contribution in [0.3, 0.4) is 0 Å². The molecule has 8 heteroatoms. The number of nitrogens with zero attached hydrogens (tertiary/aromatic N) is 1. The minimum absolute atomic E-state index is 0.0915. The van der Waals surface area contributed by atoms with Crippen molar-refractivity contribution < 1.29 is 29.0 Å². The third-order valence-electron chi connectivity index (χ3n) is 4.12. The minimum Gasteiger partial charge on any atom is -0.480 e. The molecule has 1 heterocycles. The third kappa shape index (κ3) is 5.82. The van der Waals surface area contributed by atoms with Gasteiger partial charge in [-0.15, -0.1) is 0 Å². The quantitative estimate of drug-likeness (QED) is 0.692. The molecule has 0 fully saturated rings. The van der Waals surface area contributed by atoms with Crippen molar-refractivity contribution in [2.75, 3.05) is 0 Å². The highest BCUT2D eigenvalue weighted by molar-refractivity contribution is 6.00. The fraction of sp³-hybridized carbons (Fsp3) is 0.500. The van der Waals surface area contributed by atoms with Crippen molar-refractivity contribution in [1.29, 1.82) is 0 Å². The maximum Gasteiger partial charge on any atom is 0.355 e. The number of rotatable bonds is 6. The van der Waals surface area contributed by atoms with Crippen LogP contribution in [-0.2, 0) is 32.0 Å². The molecule has 0 bridgehead atoms. The fourth-order valence-electron chi connectivity index (χ4n) is 3.12. The molecule has 0 aliphatic carbocycles. The smallest absolute Gasteiger partial charge is 0.355 e. The van der Waals surface area contributed by atoms with Crippen LogP contribution in [-0.4, -0.2) is 44.8 Å². The van der Waals surface area contributed by atoms with E-state index in [0.717, 1.165) is 0 Å². The number of ether oxygens (including phenoxy) is 2. The molecule has 1 aromatic heterocycles. The highest BCUT2D eigenvalue weighted by Crippen LogP contribution is 2.29. The Kier molecular flexibility index (Phi) is 6.61. The lowest BCUT2D eigenvalue weighted by molar-refractivity contribution is -0.155. The van der Waals surface area contributed by atoms with E-state index in [1.807, 2.05) is 0 Å². The molecule has 30 heavy (non-hydrogen) atoms. The molecule has 1 atom stereocenters. The van der Waals surface area contributed by atoms with Gasteiger partial charge in [-0.2, -0.15) is 0 Å². The number of carboxylic acids is 1. The van der Waals surface area contributed by atoms with Gasteiger partial charge in [0.15, 0.2) is 0 Å². The van der Waals surface area contributed by atoms with E-state index >= 15 is 0 Å². The molecule has 1 aromatic carbocycles. The number of hydrogen-bond donors (Lipinski definition) is 2. The van der Waals surface area contributed by atoms with Crippen molar-refractivity contribution in [3.63, 3.8) is 0 Å². The predicted molar refractivity (Wildman–Crippen MR) is 112 cm³/mol. The van der Waals surface area contributed by atoms with E-state index in [1.165, 1.54) is 4.57 Å². The number of para-hydroxylation sites is 1. The standard InChI is InChI=1S/C22H30N2O6/c1-21(2,3)29-17(25)12-24-16-10-8-7-9-13(16)14(11-15(23)19(26)27)18(24)20(28)30-22(4,5)6/h7-10,15H,11-12,23H2,1-6H3,(H,26,27). The van der Waals surface area contributed by atoms with Gasteiger partial charge >= 0.3 is 17.9 Å². The van der Waals surface area contributed by atoms with Gasteiger partial charge in [-0.05, 0) is 53.2 Å². The Labute approximate surface area is 175 Å². The maximum atomic E-state index is 13.1. The monoisotopic (exact) mass is 418 g/mol. The van der Waals surface area contributed by atoms with E-state index in [9.17, 15) is 19.5 Å². The topological polar surface area (TPSA) is 121 Å². The number of carbonyl (C=O) groups is 3. The molecule has 0 saturated carbocycles. The van der Waals surface area contributed by atoms with E-state index < -0.39 is 35.2 Å². The third-order valence-corrected chi connectivity index (χ3v) is 4.12. The van der Waals surface area contributed by atoms with Crippen LogP contribution in [0.5, 0.6) is 0 Å². The van der Waals surface area contributed by atoms with Crippen LogP contribution in [0.1, 0.15) is 57.6 Å². The first-order valence-electron chi connectivity index (χ1n) is 9.73. The van der Waals surface area contributed by atoms with E-state index in [4.69, 9.17) is 15.2 Å². The highest BCUT2D eigenvalue weighted by Gasteiger charge is 2.30. The Hall–Kier alpha value is -2.87. The second-order valence-corrected chi connectivity index (χ2v) is 9.17. The van der Waals surface area contributed by atoms with Gasteiger partial charge in [-0.25, -0.2) is 4.79 Å². The summed E-state index contributed by atoms with van der Waals surface area (Å²) in [5.41, 5.74) is 5.43. The Balaban J connectivity index is 2.67. The largest absolute Gasteiger partial charge is 0.480 e. The zero-order chi connectivity index (χ0) is 22.9. The van der Waals surface area contributed by atoms with Crippen LogP contribution in [0.25, 0.3) is 10.9 Å². The molecule has 0 saturated heterocycles. The maximum absolute atomic E-state index is 13.1. The summed E-state index contributed by atoms with van der Waals surface area (Å²) in [6, 6.07) is 5.84. The molecule has 0 aliphatic heterocycles. The first-order chi connectivity index (χ1) is 13.7.